The standard InChI is InChI=1S/C26H23Cl2N3O4/c27-19-15-23(20(28)14-16(19)7-10-24(32)33)35-25-18(4-3-11-29-25)26(34)31-13-12-30(17-8-9-17)21-5-1-2-6-22(21)31/h1-6,11,14-15,17H,7-10,12-13H2,(H,32,33). The molecule has 1 aromatic heterocycles. The molecule has 1 amide bonds. The second-order valence-corrected chi connectivity index (χ2v) is 9.41. The number of aryl methyl sites for hydroxylation is 1. The van der Waals surface area contributed by atoms with Gasteiger partial charge in [0.05, 0.1) is 16.4 Å². The molecule has 3 aromatic rings. The molecule has 1 N–H and O–H groups in total. The van der Waals surface area contributed by atoms with Crippen LogP contribution >= 0.6 is 23.2 Å². The molecule has 0 spiro atoms. The van der Waals surface area contributed by atoms with Crippen LogP contribution in [-0.4, -0.2) is 41.1 Å². The Bertz CT molecular complexity index is 1300. The van der Waals surface area contributed by atoms with E-state index in [4.69, 9.17) is 33.0 Å². The predicted octanol–water partition coefficient (Wildman–Crippen LogP) is 5.83. The van der Waals surface area contributed by atoms with E-state index in [1.165, 1.54) is 18.9 Å². The van der Waals surface area contributed by atoms with Gasteiger partial charge in [0.2, 0.25) is 5.88 Å². The highest BCUT2D eigenvalue weighted by Crippen LogP contribution is 2.41. The topological polar surface area (TPSA) is 83.0 Å². The number of hydrogen-bond acceptors (Lipinski definition) is 5. The number of carboxylic acids is 1. The lowest BCUT2D eigenvalue weighted by atomic mass is 10.1. The van der Waals surface area contributed by atoms with Gasteiger partial charge in [-0.1, -0.05) is 35.3 Å². The van der Waals surface area contributed by atoms with Crippen molar-refractivity contribution >= 4 is 46.5 Å². The van der Waals surface area contributed by atoms with Gasteiger partial charge in [0.25, 0.3) is 5.91 Å². The van der Waals surface area contributed by atoms with E-state index in [1.807, 2.05) is 18.2 Å². The molecule has 1 aliphatic heterocycles. The first-order valence-electron chi connectivity index (χ1n) is 11.4. The van der Waals surface area contributed by atoms with Gasteiger partial charge in [-0.3, -0.25) is 9.59 Å². The van der Waals surface area contributed by atoms with Crippen LogP contribution in [0.5, 0.6) is 11.6 Å². The average Bonchev–Trinajstić information content (AvgIpc) is 3.70. The smallest absolute Gasteiger partial charge is 0.303 e. The Morgan fingerprint density at radius 2 is 1.80 bits per heavy atom. The van der Waals surface area contributed by atoms with Crippen molar-refractivity contribution in [1.29, 1.82) is 0 Å². The van der Waals surface area contributed by atoms with Crippen LogP contribution in [0.2, 0.25) is 10.0 Å². The molecule has 5 rings (SSSR count). The highest BCUT2D eigenvalue weighted by molar-refractivity contribution is 6.34. The summed E-state index contributed by atoms with van der Waals surface area (Å²) in [6.07, 6.45) is 4.09. The average molecular weight is 512 g/mol. The second-order valence-electron chi connectivity index (χ2n) is 8.60. The molecule has 1 fully saturated rings. The summed E-state index contributed by atoms with van der Waals surface area (Å²) in [7, 11) is 0. The van der Waals surface area contributed by atoms with E-state index in [2.05, 4.69) is 16.0 Å². The number of anilines is 2. The monoisotopic (exact) mass is 511 g/mol. The molecule has 35 heavy (non-hydrogen) atoms. The number of halogens is 2. The Morgan fingerprint density at radius 1 is 1.03 bits per heavy atom. The summed E-state index contributed by atoms with van der Waals surface area (Å²) in [6, 6.07) is 15.0. The highest BCUT2D eigenvalue weighted by atomic mass is 35.5. The Kier molecular flexibility index (Phi) is 6.54. The normalized spacial score (nSPS) is 15.0. The van der Waals surface area contributed by atoms with Crippen LogP contribution in [0.15, 0.2) is 54.7 Å². The maximum absolute atomic E-state index is 13.7. The van der Waals surface area contributed by atoms with E-state index in [0.717, 1.165) is 17.9 Å². The minimum atomic E-state index is -0.923. The molecule has 0 unspecified atom stereocenters. The number of ether oxygens (including phenoxy) is 1. The number of pyridine rings is 1. The van der Waals surface area contributed by atoms with E-state index in [9.17, 15) is 9.59 Å². The number of aliphatic carboxylic acids is 1. The van der Waals surface area contributed by atoms with Crippen molar-refractivity contribution in [2.45, 2.75) is 31.7 Å². The fraction of sp³-hybridized carbons (Fsp3) is 0.269. The summed E-state index contributed by atoms with van der Waals surface area (Å²) >= 11 is 12.7. The number of amides is 1. The number of fused-ring (bicyclic) bond motifs is 1. The molecule has 2 aliphatic rings. The van der Waals surface area contributed by atoms with E-state index < -0.39 is 5.97 Å². The minimum absolute atomic E-state index is 0.0649. The van der Waals surface area contributed by atoms with E-state index in [-0.39, 0.29) is 35.4 Å². The molecule has 180 valence electrons. The Labute approximate surface area is 212 Å². The highest BCUT2D eigenvalue weighted by Gasteiger charge is 2.36. The Balaban J connectivity index is 1.42. The van der Waals surface area contributed by atoms with Crippen molar-refractivity contribution in [3.8, 4) is 11.6 Å². The van der Waals surface area contributed by atoms with Crippen LogP contribution < -0.4 is 14.5 Å². The lowest BCUT2D eigenvalue weighted by Crippen LogP contribution is -2.45. The van der Waals surface area contributed by atoms with Crippen LogP contribution in [0.1, 0.15) is 35.2 Å². The van der Waals surface area contributed by atoms with E-state index in [0.29, 0.717) is 28.7 Å². The van der Waals surface area contributed by atoms with Crippen LogP contribution in [0.4, 0.5) is 11.4 Å². The number of rotatable bonds is 7. The van der Waals surface area contributed by atoms with Crippen molar-refractivity contribution < 1.29 is 19.4 Å². The molecule has 7 nitrogen and oxygen atoms in total. The predicted molar refractivity (Wildman–Crippen MR) is 135 cm³/mol. The maximum atomic E-state index is 13.7. The van der Waals surface area contributed by atoms with Crippen LogP contribution in [0, 0.1) is 0 Å². The molecule has 1 aliphatic carbocycles. The van der Waals surface area contributed by atoms with Gasteiger partial charge in [-0.05, 0) is 55.2 Å². The first-order chi connectivity index (χ1) is 16.9. The zero-order chi connectivity index (χ0) is 24.5. The molecular weight excluding hydrogens is 489 g/mol. The zero-order valence-corrected chi connectivity index (χ0v) is 20.3. The molecule has 9 heteroatoms. The molecule has 1 saturated carbocycles. The summed E-state index contributed by atoms with van der Waals surface area (Å²) in [5.41, 5.74) is 2.85. The molecule has 0 radical (unpaired) electrons. The largest absolute Gasteiger partial charge is 0.481 e. The fourth-order valence-corrected chi connectivity index (χ4v) is 4.80. The second kappa shape index (κ2) is 9.76. The number of carbonyl (C=O) groups excluding carboxylic acids is 1. The number of carbonyl (C=O) groups is 2. The van der Waals surface area contributed by atoms with E-state index in [1.54, 1.807) is 29.3 Å². The zero-order valence-electron chi connectivity index (χ0n) is 18.8. The molecule has 2 aromatic carbocycles. The molecule has 0 bridgehead atoms. The van der Waals surface area contributed by atoms with Crippen molar-refractivity contribution in [2.75, 3.05) is 22.9 Å². The lowest BCUT2D eigenvalue weighted by molar-refractivity contribution is -0.136. The summed E-state index contributed by atoms with van der Waals surface area (Å²) in [6.45, 7) is 1.33. The number of para-hydroxylation sites is 2. The fourth-order valence-electron chi connectivity index (χ4n) is 4.33. The third-order valence-corrected chi connectivity index (χ3v) is 6.84. The third-order valence-electron chi connectivity index (χ3n) is 6.20. The van der Waals surface area contributed by atoms with Gasteiger partial charge in [-0.25, -0.2) is 4.98 Å². The summed E-state index contributed by atoms with van der Waals surface area (Å²) in [4.78, 5) is 33.0. The Morgan fingerprint density at radius 3 is 2.54 bits per heavy atom. The molecule has 0 saturated heterocycles. The van der Waals surface area contributed by atoms with Crippen molar-refractivity contribution in [1.82, 2.24) is 4.98 Å². The summed E-state index contributed by atoms with van der Waals surface area (Å²) in [5.74, 6) is -0.775. The van der Waals surface area contributed by atoms with Crippen LogP contribution in [0.25, 0.3) is 0 Å². The number of hydrogen-bond donors (Lipinski definition) is 1. The number of carboxylic acid groups (broad SMARTS) is 1. The summed E-state index contributed by atoms with van der Waals surface area (Å²) in [5, 5.41) is 9.52. The Hall–Kier alpha value is -3.29. The third kappa shape index (κ3) is 4.92. The van der Waals surface area contributed by atoms with Gasteiger partial charge in [0, 0.05) is 42.8 Å². The summed E-state index contributed by atoms with van der Waals surface area (Å²) < 4.78 is 5.97. The van der Waals surface area contributed by atoms with Crippen molar-refractivity contribution in [3.63, 3.8) is 0 Å². The van der Waals surface area contributed by atoms with Gasteiger partial charge in [0.15, 0.2) is 0 Å². The maximum Gasteiger partial charge on any atom is 0.303 e. The van der Waals surface area contributed by atoms with E-state index >= 15 is 0 Å². The minimum Gasteiger partial charge on any atom is -0.481 e. The van der Waals surface area contributed by atoms with Crippen LogP contribution in [-0.2, 0) is 11.2 Å². The number of nitrogens with zero attached hydrogens (tertiary/aromatic N) is 3. The van der Waals surface area contributed by atoms with Gasteiger partial charge < -0.3 is 19.6 Å². The van der Waals surface area contributed by atoms with Crippen LogP contribution in [0.3, 0.4) is 0 Å². The molecule has 0 atom stereocenters. The van der Waals surface area contributed by atoms with Gasteiger partial charge >= 0.3 is 5.97 Å². The van der Waals surface area contributed by atoms with Gasteiger partial charge in [0.1, 0.15) is 11.3 Å². The SMILES string of the molecule is O=C(O)CCc1cc(Cl)c(Oc2ncccc2C(=O)N2CCN(C3CC3)c3ccccc32)cc1Cl. The lowest BCUT2D eigenvalue weighted by Gasteiger charge is -2.38. The number of aromatic nitrogens is 1. The first-order valence-corrected chi connectivity index (χ1v) is 12.2. The van der Waals surface area contributed by atoms with Crippen molar-refractivity contribution in [2.24, 2.45) is 0 Å². The molecular formula is C26H23Cl2N3O4. The van der Waals surface area contributed by atoms with Gasteiger partial charge in [-0.2, -0.15) is 0 Å². The first kappa shape index (κ1) is 23.5. The number of benzene rings is 2. The quantitative estimate of drug-likeness (QED) is 0.429. The van der Waals surface area contributed by atoms with Crippen molar-refractivity contribution in [3.05, 3.63) is 75.9 Å². The molecule has 2 heterocycles. The van der Waals surface area contributed by atoms with Gasteiger partial charge in [-0.15, -0.1) is 0 Å².